The highest BCUT2D eigenvalue weighted by Crippen LogP contribution is 2.28. The van der Waals surface area contributed by atoms with Crippen molar-refractivity contribution in [2.24, 2.45) is 5.92 Å². The smallest absolute Gasteiger partial charge is 0.252 e. The zero-order valence-corrected chi connectivity index (χ0v) is 11.8. The van der Waals surface area contributed by atoms with Crippen molar-refractivity contribution in [3.63, 3.8) is 0 Å². The van der Waals surface area contributed by atoms with Crippen molar-refractivity contribution in [2.45, 2.75) is 25.7 Å². The van der Waals surface area contributed by atoms with Gasteiger partial charge in [0.2, 0.25) is 11.8 Å². The molecule has 2 rings (SSSR count). The lowest BCUT2D eigenvalue weighted by Gasteiger charge is -2.07. The Morgan fingerprint density at radius 2 is 2.05 bits per heavy atom. The van der Waals surface area contributed by atoms with Crippen LogP contribution < -0.4 is 16.2 Å². The number of nitrogens with one attached hydrogen (secondary N) is 3. The monoisotopic (exact) mass is 295 g/mol. The Labute approximate surface area is 120 Å². The Balaban J connectivity index is 1.53. The van der Waals surface area contributed by atoms with Crippen LogP contribution in [0.15, 0.2) is 16.8 Å². The lowest BCUT2D eigenvalue weighted by Crippen LogP contribution is -2.42. The molecule has 1 aliphatic carbocycles. The van der Waals surface area contributed by atoms with Gasteiger partial charge in [-0.2, -0.15) is 11.3 Å². The highest BCUT2D eigenvalue weighted by molar-refractivity contribution is 7.08. The molecule has 1 saturated carbocycles. The molecule has 7 heteroatoms. The number of rotatable bonds is 6. The van der Waals surface area contributed by atoms with Crippen molar-refractivity contribution < 1.29 is 14.4 Å². The molecule has 0 radical (unpaired) electrons. The van der Waals surface area contributed by atoms with Crippen molar-refractivity contribution in [1.82, 2.24) is 16.2 Å². The van der Waals surface area contributed by atoms with Crippen LogP contribution in [0.3, 0.4) is 0 Å². The van der Waals surface area contributed by atoms with E-state index in [9.17, 15) is 14.4 Å². The van der Waals surface area contributed by atoms with E-state index in [1.165, 1.54) is 11.3 Å². The molecule has 6 nitrogen and oxygen atoms in total. The first-order valence-corrected chi connectivity index (χ1v) is 7.50. The molecule has 0 unspecified atom stereocenters. The second-order valence-electron chi connectivity index (χ2n) is 4.68. The van der Waals surface area contributed by atoms with E-state index in [-0.39, 0.29) is 30.1 Å². The highest BCUT2D eigenvalue weighted by atomic mass is 32.1. The van der Waals surface area contributed by atoms with Gasteiger partial charge in [-0.1, -0.05) is 0 Å². The summed E-state index contributed by atoms with van der Waals surface area (Å²) in [5.74, 6) is -0.429. The van der Waals surface area contributed by atoms with Gasteiger partial charge in [0, 0.05) is 29.8 Å². The zero-order chi connectivity index (χ0) is 14.4. The summed E-state index contributed by atoms with van der Waals surface area (Å²) in [6.07, 6.45) is 2.59. The first-order valence-electron chi connectivity index (χ1n) is 6.56. The predicted molar refractivity (Wildman–Crippen MR) is 74.9 cm³/mol. The van der Waals surface area contributed by atoms with Gasteiger partial charge in [0.25, 0.3) is 5.91 Å². The molecule has 0 atom stereocenters. The summed E-state index contributed by atoms with van der Waals surface area (Å²) in [7, 11) is 0. The van der Waals surface area contributed by atoms with E-state index in [1.54, 1.807) is 11.4 Å². The molecule has 1 heterocycles. The molecule has 3 amide bonds. The number of carbonyl (C=O) groups excluding carboxylic acids is 3. The average Bonchev–Trinajstić information content (AvgIpc) is 3.15. The molecule has 0 saturated heterocycles. The summed E-state index contributed by atoms with van der Waals surface area (Å²) >= 11 is 1.46. The first-order chi connectivity index (χ1) is 9.66. The van der Waals surface area contributed by atoms with Gasteiger partial charge in [0.05, 0.1) is 0 Å². The van der Waals surface area contributed by atoms with Gasteiger partial charge in [-0.3, -0.25) is 25.2 Å². The topological polar surface area (TPSA) is 87.3 Å². The molecule has 1 aromatic heterocycles. The summed E-state index contributed by atoms with van der Waals surface area (Å²) in [5.41, 5.74) is 5.40. The van der Waals surface area contributed by atoms with Crippen LogP contribution in [0, 0.1) is 5.92 Å². The summed E-state index contributed by atoms with van der Waals surface area (Å²) in [6.45, 7) is 0.429. The van der Waals surface area contributed by atoms with E-state index in [0.29, 0.717) is 18.5 Å². The molecular formula is C13H17N3O3S. The van der Waals surface area contributed by atoms with Gasteiger partial charge >= 0.3 is 0 Å². The van der Waals surface area contributed by atoms with E-state index in [1.807, 2.05) is 5.38 Å². The van der Waals surface area contributed by atoms with E-state index >= 15 is 0 Å². The summed E-state index contributed by atoms with van der Waals surface area (Å²) in [5, 5.41) is 6.35. The normalized spacial score (nSPS) is 13.6. The number of hydrogen-bond acceptors (Lipinski definition) is 4. The molecule has 1 fully saturated rings. The second-order valence-corrected chi connectivity index (χ2v) is 5.46. The van der Waals surface area contributed by atoms with Crippen molar-refractivity contribution in [3.8, 4) is 0 Å². The molecule has 0 aromatic carbocycles. The quantitative estimate of drug-likeness (QED) is 0.536. The van der Waals surface area contributed by atoms with E-state index in [4.69, 9.17) is 0 Å². The van der Waals surface area contributed by atoms with Gasteiger partial charge in [-0.05, 0) is 30.7 Å². The maximum atomic E-state index is 11.6. The first kappa shape index (κ1) is 14.5. The largest absolute Gasteiger partial charge is 0.352 e. The lowest BCUT2D eigenvalue weighted by atomic mass is 10.3. The molecule has 108 valence electrons. The van der Waals surface area contributed by atoms with E-state index in [2.05, 4.69) is 16.2 Å². The third-order valence-corrected chi connectivity index (χ3v) is 3.61. The molecule has 0 bridgehead atoms. The minimum atomic E-state index is -0.246. The second kappa shape index (κ2) is 7.04. The summed E-state index contributed by atoms with van der Waals surface area (Å²) in [4.78, 5) is 34.3. The standard InChI is InChI=1S/C13H17N3O3S/c17-11(15-16-13(19)9-3-4-9)2-1-6-14-12(18)10-5-7-20-8-10/h5,7-9H,1-4,6H2,(H,14,18)(H,15,17)(H,16,19). The van der Waals surface area contributed by atoms with Gasteiger partial charge in [0.15, 0.2) is 0 Å². The van der Waals surface area contributed by atoms with E-state index in [0.717, 1.165) is 12.8 Å². The third kappa shape index (κ3) is 4.65. The fraction of sp³-hybridized carbons (Fsp3) is 0.462. The molecular weight excluding hydrogens is 278 g/mol. The third-order valence-electron chi connectivity index (χ3n) is 2.92. The van der Waals surface area contributed by atoms with Crippen LogP contribution >= 0.6 is 11.3 Å². The van der Waals surface area contributed by atoms with Crippen LogP contribution in [-0.4, -0.2) is 24.3 Å². The van der Waals surface area contributed by atoms with Crippen LogP contribution in [0.4, 0.5) is 0 Å². The van der Waals surface area contributed by atoms with Crippen LogP contribution in [0.25, 0.3) is 0 Å². The van der Waals surface area contributed by atoms with Crippen molar-refractivity contribution in [3.05, 3.63) is 22.4 Å². The van der Waals surface area contributed by atoms with Crippen LogP contribution in [0.2, 0.25) is 0 Å². The summed E-state index contributed by atoms with van der Waals surface area (Å²) in [6, 6.07) is 1.75. The Bertz CT molecular complexity index is 483. The maximum Gasteiger partial charge on any atom is 0.252 e. The molecule has 1 aromatic rings. The van der Waals surface area contributed by atoms with Crippen molar-refractivity contribution in [1.29, 1.82) is 0 Å². The minimum absolute atomic E-state index is 0.0696. The van der Waals surface area contributed by atoms with Crippen LogP contribution in [0.5, 0.6) is 0 Å². The van der Waals surface area contributed by atoms with Crippen LogP contribution in [-0.2, 0) is 9.59 Å². The van der Waals surface area contributed by atoms with E-state index < -0.39 is 0 Å². The molecule has 20 heavy (non-hydrogen) atoms. The highest BCUT2D eigenvalue weighted by Gasteiger charge is 2.29. The Kier molecular flexibility index (Phi) is 5.11. The Morgan fingerprint density at radius 3 is 2.70 bits per heavy atom. The number of hydrogen-bond donors (Lipinski definition) is 3. The van der Waals surface area contributed by atoms with Gasteiger partial charge in [-0.25, -0.2) is 0 Å². The van der Waals surface area contributed by atoms with Crippen LogP contribution in [0.1, 0.15) is 36.0 Å². The fourth-order valence-corrected chi connectivity index (χ4v) is 2.22. The minimum Gasteiger partial charge on any atom is -0.352 e. The average molecular weight is 295 g/mol. The molecule has 0 aliphatic heterocycles. The molecule has 3 N–H and O–H groups in total. The maximum absolute atomic E-state index is 11.6. The zero-order valence-electron chi connectivity index (χ0n) is 11.0. The number of amides is 3. The SMILES string of the molecule is O=C(CCCNC(=O)c1ccsc1)NNC(=O)C1CC1. The Hall–Kier alpha value is -1.89. The van der Waals surface area contributed by atoms with Gasteiger partial charge in [0.1, 0.15) is 0 Å². The van der Waals surface area contributed by atoms with Crippen molar-refractivity contribution in [2.75, 3.05) is 6.54 Å². The summed E-state index contributed by atoms with van der Waals surface area (Å²) < 4.78 is 0. The number of thiophene rings is 1. The fourth-order valence-electron chi connectivity index (χ4n) is 1.59. The van der Waals surface area contributed by atoms with Gasteiger partial charge < -0.3 is 5.32 Å². The predicted octanol–water partition coefficient (Wildman–Crippen LogP) is 0.815. The van der Waals surface area contributed by atoms with Crippen molar-refractivity contribution >= 4 is 29.1 Å². The number of hydrazine groups is 1. The van der Waals surface area contributed by atoms with Gasteiger partial charge in [-0.15, -0.1) is 0 Å². The Morgan fingerprint density at radius 1 is 1.25 bits per heavy atom. The lowest BCUT2D eigenvalue weighted by molar-refractivity contribution is -0.129. The molecule has 1 aliphatic rings. The number of carbonyl (C=O) groups is 3. The molecule has 0 spiro atoms.